The van der Waals surface area contributed by atoms with Crippen LogP contribution in [0.25, 0.3) is 10.7 Å². The molecular weight excluding hydrogens is 258 g/mol. The maximum Gasteiger partial charge on any atom is 0.208 e. The molecular formula is C13H17N5S. The quantitative estimate of drug-likeness (QED) is 0.905. The smallest absolute Gasteiger partial charge is 0.208 e. The first kappa shape index (κ1) is 12.5. The van der Waals surface area contributed by atoms with Crippen molar-refractivity contribution in [2.75, 3.05) is 24.5 Å². The van der Waals surface area contributed by atoms with E-state index in [9.17, 15) is 0 Å². The summed E-state index contributed by atoms with van der Waals surface area (Å²) < 4.78 is 0. The predicted octanol–water partition coefficient (Wildman–Crippen LogP) is 1.79. The first-order valence-electron chi connectivity index (χ1n) is 6.39. The van der Waals surface area contributed by atoms with Gasteiger partial charge < -0.3 is 10.2 Å². The van der Waals surface area contributed by atoms with Crippen LogP contribution in [-0.2, 0) is 0 Å². The normalized spacial score (nSPS) is 18.5. The molecule has 100 valence electrons. The molecule has 3 rings (SSSR count). The molecule has 19 heavy (non-hydrogen) atoms. The van der Waals surface area contributed by atoms with Gasteiger partial charge in [0.15, 0.2) is 5.01 Å². The van der Waals surface area contributed by atoms with Gasteiger partial charge in [0, 0.05) is 31.4 Å². The number of rotatable bonds is 2. The van der Waals surface area contributed by atoms with Crippen LogP contribution in [0, 0.1) is 0 Å². The zero-order chi connectivity index (χ0) is 13.3. The Kier molecular flexibility index (Phi) is 3.20. The molecule has 5 nitrogen and oxygen atoms in total. The van der Waals surface area contributed by atoms with E-state index in [1.807, 2.05) is 18.2 Å². The predicted molar refractivity (Wildman–Crippen MR) is 77.4 cm³/mol. The van der Waals surface area contributed by atoms with Crippen LogP contribution in [0.1, 0.15) is 13.8 Å². The Morgan fingerprint density at radius 3 is 2.95 bits per heavy atom. The van der Waals surface area contributed by atoms with Crippen molar-refractivity contribution in [3.8, 4) is 10.7 Å². The molecule has 0 spiro atoms. The number of pyridine rings is 1. The zero-order valence-electron chi connectivity index (χ0n) is 11.1. The van der Waals surface area contributed by atoms with Crippen LogP contribution in [0.15, 0.2) is 24.4 Å². The highest BCUT2D eigenvalue weighted by atomic mass is 32.1. The molecule has 2 aromatic rings. The lowest BCUT2D eigenvalue weighted by atomic mass is 10.0. The van der Waals surface area contributed by atoms with E-state index in [0.717, 1.165) is 35.5 Å². The van der Waals surface area contributed by atoms with Crippen molar-refractivity contribution in [1.29, 1.82) is 0 Å². The third kappa shape index (κ3) is 2.74. The number of aromatic nitrogens is 3. The molecule has 0 atom stereocenters. The molecule has 1 N–H and O–H groups in total. The van der Waals surface area contributed by atoms with Gasteiger partial charge in [-0.25, -0.2) is 0 Å². The van der Waals surface area contributed by atoms with Gasteiger partial charge >= 0.3 is 0 Å². The van der Waals surface area contributed by atoms with Gasteiger partial charge in [-0.3, -0.25) is 4.98 Å². The van der Waals surface area contributed by atoms with E-state index in [0.29, 0.717) is 0 Å². The lowest BCUT2D eigenvalue weighted by Gasteiger charge is -2.38. The maximum atomic E-state index is 4.31. The summed E-state index contributed by atoms with van der Waals surface area (Å²) in [4.78, 5) is 6.61. The van der Waals surface area contributed by atoms with Gasteiger partial charge in [0.1, 0.15) is 5.69 Å². The maximum absolute atomic E-state index is 4.31. The highest BCUT2D eigenvalue weighted by molar-refractivity contribution is 7.18. The van der Waals surface area contributed by atoms with E-state index in [4.69, 9.17) is 0 Å². The third-order valence-corrected chi connectivity index (χ3v) is 4.15. The molecule has 0 bridgehead atoms. The van der Waals surface area contributed by atoms with E-state index in [-0.39, 0.29) is 5.54 Å². The number of piperazine rings is 1. The molecule has 1 aliphatic heterocycles. The molecule has 1 saturated heterocycles. The van der Waals surface area contributed by atoms with Crippen LogP contribution in [-0.4, -0.2) is 40.4 Å². The lowest BCUT2D eigenvalue weighted by Crippen LogP contribution is -2.57. The molecule has 3 heterocycles. The van der Waals surface area contributed by atoms with Crippen LogP contribution in [0.5, 0.6) is 0 Å². The molecule has 0 saturated carbocycles. The molecule has 0 amide bonds. The van der Waals surface area contributed by atoms with Gasteiger partial charge in [-0.2, -0.15) is 0 Å². The van der Waals surface area contributed by atoms with E-state index in [1.54, 1.807) is 17.5 Å². The number of hydrogen-bond donors (Lipinski definition) is 1. The highest BCUT2D eigenvalue weighted by Crippen LogP contribution is 2.28. The van der Waals surface area contributed by atoms with Crippen molar-refractivity contribution in [1.82, 2.24) is 20.5 Å². The zero-order valence-corrected chi connectivity index (χ0v) is 11.9. The minimum atomic E-state index is 0.120. The van der Waals surface area contributed by atoms with Crippen LogP contribution in [0.3, 0.4) is 0 Å². The van der Waals surface area contributed by atoms with Crippen LogP contribution >= 0.6 is 11.3 Å². The van der Waals surface area contributed by atoms with Gasteiger partial charge in [-0.1, -0.05) is 17.4 Å². The fourth-order valence-electron chi connectivity index (χ4n) is 2.24. The number of anilines is 1. The largest absolute Gasteiger partial charge is 0.344 e. The van der Waals surface area contributed by atoms with Crippen molar-refractivity contribution in [2.24, 2.45) is 0 Å². The first-order valence-corrected chi connectivity index (χ1v) is 7.21. The van der Waals surface area contributed by atoms with Crippen LogP contribution < -0.4 is 10.2 Å². The van der Waals surface area contributed by atoms with Gasteiger partial charge in [-0.05, 0) is 26.0 Å². The third-order valence-electron chi connectivity index (χ3n) is 3.14. The summed E-state index contributed by atoms with van der Waals surface area (Å²) in [7, 11) is 0. The Morgan fingerprint density at radius 1 is 1.32 bits per heavy atom. The fraction of sp³-hybridized carbons (Fsp3) is 0.462. The van der Waals surface area contributed by atoms with Gasteiger partial charge in [0.2, 0.25) is 5.13 Å². The Hall–Kier alpha value is -1.53. The Bertz CT molecular complexity index is 551. The van der Waals surface area contributed by atoms with E-state index < -0.39 is 0 Å². The molecule has 0 radical (unpaired) electrons. The van der Waals surface area contributed by atoms with Crippen molar-refractivity contribution in [3.63, 3.8) is 0 Å². The van der Waals surface area contributed by atoms with Gasteiger partial charge in [0.25, 0.3) is 0 Å². The minimum Gasteiger partial charge on any atom is -0.344 e. The summed E-state index contributed by atoms with van der Waals surface area (Å²) in [6.07, 6.45) is 1.78. The number of hydrogen-bond acceptors (Lipinski definition) is 6. The standard InChI is InChI=1S/C13H17N5S/c1-13(2)9-18(8-7-15-13)12-17-16-11(19-12)10-5-3-4-6-14-10/h3-6,15H,7-9H2,1-2H3. The molecule has 0 aliphatic carbocycles. The SMILES string of the molecule is CC1(C)CN(c2nnc(-c3ccccn3)s2)CCN1. The minimum absolute atomic E-state index is 0.120. The monoisotopic (exact) mass is 275 g/mol. The molecule has 0 unspecified atom stereocenters. The second-order valence-corrected chi connectivity index (χ2v) is 6.29. The van der Waals surface area contributed by atoms with Crippen molar-refractivity contribution >= 4 is 16.5 Å². The number of nitrogens with one attached hydrogen (secondary N) is 1. The van der Waals surface area contributed by atoms with Crippen molar-refractivity contribution < 1.29 is 0 Å². The topological polar surface area (TPSA) is 53.9 Å². The van der Waals surface area contributed by atoms with Gasteiger partial charge in [-0.15, -0.1) is 10.2 Å². The molecule has 1 fully saturated rings. The molecule has 1 aliphatic rings. The summed E-state index contributed by atoms with van der Waals surface area (Å²) >= 11 is 1.61. The fourth-order valence-corrected chi connectivity index (χ4v) is 3.09. The summed E-state index contributed by atoms with van der Waals surface area (Å²) in [5.74, 6) is 0. The average molecular weight is 275 g/mol. The molecule has 0 aromatic carbocycles. The molecule has 2 aromatic heterocycles. The first-order chi connectivity index (χ1) is 9.14. The number of nitrogens with zero attached hydrogens (tertiary/aromatic N) is 4. The summed E-state index contributed by atoms with van der Waals surface area (Å²) in [6.45, 7) is 7.31. The second-order valence-electron chi connectivity index (χ2n) is 5.34. The Balaban J connectivity index is 1.82. The van der Waals surface area contributed by atoms with E-state index >= 15 is 0 Å². The summed E-state index contributed by atoms with van der Waals surface area (Å²) in [5, 5.41) is 13.9. The van der Waals surface area contributed by atoms with Crippen LogP contribution in [0.4, 0.5) is 5.13 Å². The Morgan fingerprint density at radius 2 is 2.21 bits per heavy atom. The second kappa shape index (κ2) is 4.86. The van der Waals surface area contributed by atoms with Crippen molar-refractivity contribution in [3.05, 3.63) is 24.4 Å². The summed E-state index contributed by atoms with van der Waals surface area (Å²) in [6, 6.07) is 5.84. The lowest BCUT2D eigenvalue weighted by molar-refractivity contribution is 0.352. The van der Waals surface area contributed by atoms with Crippen molar-refractivity contribution in [2.45, 2.75) is 19.4 Å². The van der Waals surface area contributed by atoms with Crippen LogP contribution in [0.2, 0.25) is 0 Å². The Labute approximate surface area is 116 Å². The van der Waals surface area contributed by atoms with Gasteiger partial charge in [0.05, 0.1) is 0 Å². The molecule has 6 heteroatoms. The average Bonchev–Trinajstić information content (AvgIpc) is 2.88. The summed E-state index contributed by atoms with van der Waals surface area (Å²) in [5.41, 5.74) is 1.01. The van der Waals surface area contributed by atoms with E-state index in [2.05, 4.69) is 39.2 Å². The highest BCUT2D eigenvalue weighted by Gasteiger charge is 2.27. The van der Waals surface area contributed by atoms with E-state index in [1.165, 1.54) is 0 Å².